The van der Waals surface area contributed by atoms with Crippen molar-refractivity contribution in [2.45, 2.75) is 144 Å². The lowest BCUT2D eigenvalue weighted by Crippen LogP contribution is -2.60. The second-order valence-electron chi connectivity index (χ2n) is 18.2. The van der Waals surface area contributed by atoms with Crippen LogP contribution in [0.25, 0.3) is 0 Å². The average Bonchev–Trinajstić information content (AvgIpc) is 3.34. The minimum Gasteiger partial charge on any atom is -0.481 e. The van der Waals surface area contributed by atoms with E-state index in [2.05, 4.69) is 20.8 Å². The fraction of sp³-hybridized carbons (Fsp3) is 0.872. The third kappa shape index (κ3) is 7.87. The van der Waals surface area contributed by atoms with Crippen LogP contribution in [0.1, 0.15) is 127 Å². The maximum Gasteiger partial charge on any atom is 0.311 e. The van der Waals surface area contributed by atoms with E-state index in [-0.39, 0.29) is 29.7 Å². The fourth-order valence-corrected chi connectivity index (χ4v) is 9.87. The highest BCUT2D eigenvalue weighted by molar-refractivity contribution is 5.83. The van der Waals surface area contributed by atoms with Crippen molar-refractivity contribution < 1.29 is 52.8 Å². The predicted octanol–water partition coefficient (Wildman–Crippen LogP) is 6.73. The molecule has 6 saturated carbocycles. The molecule has 6 bridgehead atoms. The highest BCUT2D eigenvalue weighted by atomic mass is 16.7. The van der Waals surface area contributed by atoms with E-state index < -0.39 is 64.2 Å². The Morgan fingerprint density at radius 3 is 1.80 bits per heavy atom. The van der Waals surface area contributed by atoms with E-state index in [0.717, 1.165) is 32.1 Å². The lowest BCUT2D eigenvalue weighted by atomic mass is 9.48. The molecule has 6 rings (SSSR count). The molecule has 0 radical (unpaired) electrons. The summed E-state index contributed by atoms with van der Waals surface area (Å²) in [4.78, 5) is 61.4. The first-order valence-electron chi connectivity index (χ1n) is 18.5. The molecule has 0 aromatic rings. The van der Waals surface area contributed by atoms with Crippen molar-refractivity contribution in [1.29, 1.82) is 0 Å². The van der Waals surface area contributed by atoms with E-state index in [1.807, 2.05) is 0 Å². The molecule has 1 N–H and O–H groups in total. The lowest BCUT2D eigenvalue weighted by Gasteiger charge is -2.59. The SMILES string of the molecule is CC(C(=O)OC(C)(C)C)C(C)C(=O)OC12CC3CC(C1)CC(C(=O)O)(C3)C2.COCOC(=O)C(C)C(C)C(=O)OC1CC2CCC1(C)C2(C)C. The molecule has 0 aliphatic heterocycles. The number of esters is 4. The van der Waals surface area contributed by atoms with Crippen LogP contribution in [0, 0.1) is 57.7 Å². The molecule has 9 atom stereocenters. The summed E-state index contributed by atoms with van der Waals surface area (Å²) >= 11 is 0. The van der Waals surface area contributed by atoms with Crippen LogP contribution in [0.15, 0.2) is 0 Å². The molecule has 0 heterocycles. The minimum absolute atomic E-state index is 0.0346. The van der Waals surface area contributed by atoms with Gasteiger partial charge in [0.25, 0.3) is 0 Å². The van der Waals surface area contributed by atoms with Crippen LogP contribution in [0.4, 0.5) is 0 Å². The van der Waals surface area contributed by atoms with Crippen molar-refractivity contribution in [3.05, 3.63) is 0 Å². The number of hydrogen-bond acceptors (Lipinski definition) is 10. The van der Waals surface area contributed by atoms with Gasteiger partial charge in [-0.1, -0.05) is 48.5 Å². The number of hydrogen-bond donors (Lipinski definition) is 1. The van der Waals surface area contributed by atoms with Gasteiger partial charge in [0.1, 0.15) is 17.3 Å². The molecule has 11 heteroatoms. The molecule has 0 aromatic carbocycles. The second-order valence-corrected chi connectivity index (χ2v) is 18.2. The molecule has 9 unspecified atom stereocenters. The third-order valence-corrected chi connectivity index (χ3v) is 13.5. The highest BCUT2D eigenvalue weighted by Gasteiger charge is 2.64. The molecule has 0 spiro atoms. The van der Waals surface area contributed by atoms with Gasteiger partial charge in [-0.2, -0.15) is 0 Å². The third-order valence-electron chi connectivity index (χ3n) is 13.5. The van der Waals surface area contributed by atoms with Crippen LogP contribution < -0.4 is 0 Å². The first-order chi connectivity index (χ1) is 23.0. The summed E-state index contributed by atoms with van der Waals surface area (Å²) in [6.07, 6.45) is 7.53. The minimum atomic E-state index is -0.757. The van der Waals surface area contributed by atoms with Crippen molar-refractivity contribution in [2.24, 2.45) is 57.7 Å². The topological polar surface area (TPSA) is 152 Å². The Hall–Kier alpha value is -2.69. The van der Waals surface area contributed by atoms with Crippen LogP contribution in [-0.4, -0.2) is 66.2 Å². The normalized spacial score (nSPS) is 35.5. The summed E-state index contributed by atoms with van der Waals surface area (Å²) in [6, 6.07) is 0. The van der Waals surface area contributed by atoms with Crippen LogP contribution >= 0.6 is 0 Å². The van der Waals surface area contributed by atoms with Gasteiger partial charge in [-0.25, -0.2) is 0 Å². The Balaban J connectivity index is 0.000000228. The summed E-state index contributed by atoms with van der Waals surface area (Å²) in [5.41, 5.74) is -1.80. The second kappa shape index (κ2) is 14.4. The predicted molar refractivity (Wildman–Crippen MR) is 183 cm³/mol. The summed E-state index contributed by atoms with van der Waals surface area (Å²) < 4.78 is 26.9. The Labute approximate surface area is 298 Å². The van der Waals surface area contributed by atoms with Gasteiger partial charge in [-0.15, -0.1) is 0 Å². The largest absolute Gasteiger partial charge is 0.481 e. The van der Waals surface area contributed by atoms with Gasteiger partial charge in [0, 0.05) is 18.9 Å². The molecular formula is C39H62O11. The summed E-state index contributed by atoms with van der Waals surface area (Å²) in [7, 11) is 1.45. The van der Waals surface area contributed by atoms with Crippen LogP contribution in [0.5, 0.6) is 0 Å². The maximum atomic E-state index is 12.8. The van der Waals surface area contributed by atoms with Crippen LogP contribution in [-0.2, 0) is 47.7 Å². The van der Waals surface area contributed by atoms with Gasteiger partial charge < -0.3 is 28.8 Å². The summed E-state index contributed by atoms with van der Waals surface area (Å²) in [5.74, 6) is -3.40. The monoisotopic (exact) mass is 706 g/mol. The highest BCUT2D eigenvalue weighted by Crippen LogP contribution is 2.66. The van der Waals surface area contributed by atoms with Crippen molar-refractivity contribution in [3.8, 4) is 0 Å². The van der Waals surface area contributed by atoms with Gasteiger partial charge >= 0.3 is 29.8 Å². The molecule has 6 aliphatic rings. The number of aliphatic carboxylic acids is 1. The van der Waals surface area contributed by atoms with E-state index in [4.69, 9.17) is 23.7 Å². The summed E-state index contributed by atoms with van der Waals surface area (Å²) in [6.45, 7) is 18.9. The molecule has 11 nitrogen and oxygen atoms in total. The lowest BCUT2D eigenvalue weighted by molar-refractivity contribution is -0.214. The number of carboxylic acids is 1. The molecule has 50 heavy (non-hydrogen) atoms. The first-order valence-corrected chi connectivity index (χ1v) is 18.5. The molecule has 0 amide bonds. The number of methoxy groups -OCH3 is 1. The van der Waals surface area contributed by atoms with E-state index in [9.17, 15) is 29.1 Å². The van der Waals surface area contributed by atoms with Crippen LogP contribution in [0.3, 0.4) is 0 Å². The van der Waals surface area contributed by atoms with Gasteiger partial charge in [-0.3, -0.25) is 24.0 Å². The maximum absolute atomic E-state index is 12.8. The zero-order valence-electron chi connectivity index (χ0n) is 32.2. The van der Waals surface area contributed by atoms with Gasteiger partial charge in [-0.05, 0) is 95.3 Å². The number of rotatable bonds is 11. The standard InChI is InChI=1S/C21H32O6.C18H30O5/c1-12(16(22)26-19(3,4)5)13(2)17(23)27-21-9-14-6-15(10-21)8-20(7-14,11-21)18(24)25;1-11(15(19)22-10-21-6)12(2)16(20)23-14-9-13-7-8-18(14,5)17(13,3)4/h12-15H,6-11H2,1-5H3,(H,24,25);11-14H,7-10H2,1-6H3. The number of fused-ring (bicyclic) bond motifs is 2. The fourth-order valence-electron chi connectivity index (χ4n) is 9.87. The van der Waals surface area contributed by atoms with Gasteiger partial charge in [0.05, 0.1) is 29.1 Å². The van der Waals surface area contributed by atoms with Crippen LogP contribution in [0.2, 0.25) is 0 Å². The number of carbonyl (C=O) groups excluding carboxylic acids is 4. The van der Waals surface area contributed by atoms with Crippen molar-refractivity contribution >= 4 is 29.8 Å². The molecule has 284 valence electrons. The zero-order chi connectivity index (χ0) is 37.6. The first kappa shape index (κ1) is 40.1. The Morgan fingerprint density at radius 1 is 0.780 bits per heavy atom. The zero-order valence-corrected chi connectivity index (χ0v) is 32.2. The molecule has 6 aliphatic carbocycles. The average molecular weight is 707 g/mol. The van der Waals surface area contributed by atoms with E-state index in [0.29, 0.717) is 37.0 Å². The Kier molecular flexibility index (Phi) is 11.5. The number of ether oxygens (including phenoxy) is 5. The Morgan fingerprint density at radius 2 is 1.32 bits per heavy atom. The van der Waals surface area contributed by atoms with E-state index in [1.165, 1.54) is 13.5 Å². The van der Waals surface area contributed by atoms with Gasteiger partial charge in [0.15, 0.2) is 6.79 Å². The van der Waals surface area contributed by atoms with Crippen molar-refractivity contribution in [3.63, 3.8) is 0 Å². The van der Waals surface area contributed by atoms with Crippen molar-refractivity contribution in [2.75, 3.05) is 13.9 Å². The van der Waals surface area contributed by atoms with Gasteiger partial charge in [0.2, 0.25) is 0 Å². The quantitative estimate of drug-likeness (QED) is 0.138. The number of carbonyl (C=O) groups is 5. The molecule has 0 saturated heterocycles. The van der Waals surface area contributed by atoms with E-state index in [1.54, 1.807) is 48.5 Å². The summed E-state index contributed by atoms with van der Waals surface area (Å²) in [5, 5.41) is 9.80. The molecular weight excluding hydrogens is 644 g/mol. The van der Waals surface area contributed by atoms with Crippen molar-refractivity contribution in [1.82, 2.24) is 0 Å². The number of carboxylic acid groups (broad SMARTS) is 1. The van der Waals surface area contributed by atoms with E-state index >= 15 is 0 Å². The molecule has 6 fully saturated rings. The smallest absolute Gasteiger partial charge is 0.311 e. The Bertz CT molecular complexity index is 1300. The molecule has 0 aromatic heterocycles.